The average molecular weight is 819 g/mol. The molecule has 0 saturated carbocycles. The van der Waals surface area contributed by atoms with E-state index in [-0.39, 0.29) is 5.41 Å². The molecule has 11 aromatic rings. The standard InChI is InChI=1S/C60H42N4/c1-60(2)53-21-7-6-20-49(53)50-36-52-51-35-43(41-17-12-16-40(30-41)42-18-13-19-44(31-42)57-26-24-45(38-63-57)39-14-4-3-5-15-39)25-27-58(51)64(59(52)37-54(50)60)48-33-46(55-22-8-10-28-61-55)32-47(34-48)56-23-9-11-29-62-56/h3-38H,1-2H3. The zero-order chi connectivity index (χ0) is 42.8. The fraction of sp³-hybridized carbons (Fsp3) is 0.0500. The fourth-order valence-corrected chi connectivity index (χ4v) is 9.88. The Hall–Kier alpha value is -8.21. The minimum Gasteiger partial charge on any atom is -0.309 e. The molecule has 0 aliphatic heterocycles. The van der Waals surface area contributed by atoms with Crippen LogP contribution in [0, 0.1) is 0 Å². The van der Waals surface area contributed by atoms with Crippen LogP contribution in [0.5, 0.6) is 0 Å². The van der Waals surface area contributed by atoms with Crippen molar-refractivity contribution in [2.45, 2.75) is 19.3 Å². The molecule has 302 valence electrons. The molecule has 0 fully saturated rings. The monoisotopic (exact) mass is 818 g/mol. The summed E-state index contributed by atoms with van der Waals surface area (Å²) in [6, 6.07) is 72.0. The third-order valence-corrected chi connectivity index (χ3v) is 13.1. The van der Waals surface area contributed by atoms with Crippen LogP contribution in [0.25, 0.3) is 106 Å². The Labute approximate surface area is 372 Å². The summed E-state index contributed by atoms with van der Waals surface area (Å²) in [5.74, 6) is 0. The highest BCUT2D eigenvalue weighted by molar-refractivity contribution is 6.13. The van der Waals surface area contributed by atoms with Crippen LogP contribution in [0.15, 0.2) is 219 Å². The molecule has 12 rings (SSSR count). The van der Waals surface area contributed by atoms with Crippen LogP contribution in [-0.2, 0) is 5.41 Å². The Morgan fingerprint density at radius 1 is 0.344 bits per heavy atom. The molecular weight excluding hydrogens is 777 g/mol. The first kappa shape index (κ1) is 37.5. The van der Waals surface area contributed by atoms with Crippen molar-refractivity contribution in [2.75, 3.05) is 0 Å². The summed E-state index contributed by atoms with van der Waals surface area (Å²) in [7, 11) is 0. The van der Waals surface area contributed by atoms with Gasteiger partial charge < -0.3 is 4.57 Å². The van der Waals surface area contributed by atoms with Gasteiger partial charge in [0.05, 0.1) is 28.1 Å². The maximum Gasteiger partial charge on any atom is 0.0702 e. The number of hydrogen-bond acceptors (Lipinski definition) is 3. The fourth-order valence-electron chi connectivity index (χ4n) is 9.88. The van der Waals surface area contributed by atoms with E-state index in [9.17, 15) is 0 Å². The van der Waals surface area contributed by atoms with Gasteiger partial charge in [0.2, 0.25) is 0 Å². The summed E-state index contributed by atoms with van der Waals surface area (Å²) >= 11 is 0. The first-order valence-electron chi connectivity index (χ1n) is 21.9. The van der Waals surface area contributed by atoms with Crippen molar-refractivity contribution < 1.29 is 0 Å². The molecule has 64 heavy (non-hydrogen) atoms. The maximum atomic E-state index is 4.88. The van der Waals surface area contributed by atoms with Crippen molar-refractivity contribution in [3.8, 4) is 84.0 Å². The second-order valence-electron chi connectivity index (χ2n) is 17.3. The molecule has 4 heterocycles. The average Bonchev–Trinajstić information content (AvgIpc) is 3.81. The van der Waals surface area contributed by atoms with Gasteiger partial charge in [-0.15, -0.1) is 0 Å². The first-order valence-corrected chi connectivity index (χ1v) is 21.9. The van der Waals surface area contributed by atoms with Crippen LogP contribution in [0.1, 0.15) is 25.0 Å². The number of benzene rings is 7. The Morgan fingerprint density at radius 3 is 1.58 bits per heavy atom. The van der Waals surface area contributed by atoms with Crippen molar-refractivity contribution in [1.29, 1.82) is 0 Å². The SMILES string of the molecule is CC1(C)c2ccccc2-c2cc3c4cc(-c5cccc(-c6cccc(-c7ccc(-c8ccccc8)cn7)c6)c5)ccc4n(-c4cc(-c5ccccn5)cc(-c5ccccn5)c4)c3cc21. The largest absolute Gasteiger partial charge is 0.309 e. The summed E-state index contributed by atoms with van der Waals surface area (Å²) < 4.78 is 2.45. The van der Waals surface area contributed by atoms with Gasteiger partial charge in [-0.05, 0) is 135 Å². The van der Waals surface area contributed by atoms with E-state index in [2.05, 4.69) is 188 Å². The molecular formula is C60H42N4. The molecule has 4 heteroatoms. The van der Waals surface area contributed by atoms with Crippen LogP contribution >= 0.6 is 0 Å². The van der Waals surface area contributed by atoms with E-state index in [1.807, 2.05) is 48.9 Å². The van der Waals surface area contributed by atoms with Crippen molar-refractivity contribution >= 4 is 21.8 Å². The maximum absolute atomic E-state index is 4.88. The summed E-state index contributed by atoms with van der Waals surface area (Å²) in [5.41, 5.74) is 21.4. The van der Waals surface area contributed by atoms with Gasteiger partial charge >= 0.3 is 0 Å². The highest BCUT2D eigenvalue weighted by Gasteiger charge is 2.36. The van der Waals surface area contributed by atoms with Crippen molar-refractivity contribution in [2.24, 2.45) is 0 Å². The van der Waals surface area contributed by atoms with Crippen LogP contribution in [0.4, 0.5) is 0 Å². The van der Waals surface area contributed by atoms with Crippen molar-refractivity contribution in [1.82, 2.24) is 19.5 Å². The van der Waals surface area contributed by atoms with Crippen molar-refractivity contribution in [3.05, 3.63) is 230 Å². The molecule has 4 aromatic heterocycles. The van der Waals surface area contributed by atoms with Gasteiger partial charge in [0.25, 0.3) is 0 Å². The Kier molecular flexibility index (Phi) is 8.80. The molecule has 0 spiro atoms. The number of aromatic nitrogens is 4. The van der Waals surface area contributed by atoms with Gasteiger partial charge in [-0.3, -0.25) is 15.0 Å². The molecule has 0 N–H and O–H groups in total. The lowest BCUT2D eigenvalue weighted by molar-refractivity contribution is 0.661. The number of fused-ring (bicyclic) bond motifs is 6. The van der Waals surface area contributed by atoms with Gasteiger partial charge in [-0.2, -0.15) is 0 Å². The van der Waals surface area contributed by atoms with E-state index in [1.165, 1.54) is 49.7 Å². The number of nitrogens with zero attached hydrogens (tertiary/aromatic N) is 4. The normalized spacial score (nSPS) is 12.7. The minimum absolute atomic E-state index is 0.152. The van der Waals surface area contributed by atoms with Crippen LogP contribution in [0.3, 0.4) is 0 Å². The predicted molar refractivity (Wildman–Crippen MR) is 264 cm³/mol. The summed E-state index contributed by atoms with van der Waals surface area (Å²) in [4.78, 5) is 14.5. The van der Waals surface area contributed by atoms with E-state index in [0.717, 1.165) is 67.2 Å². The van der Waals surface area contributed by atoms with E-state index in [1.54, 1.807) is 0 Å². The Morgan fingerprint density at radius 2 is 0.906 bits per heavy atom. The second kappa shape index (κ2) is 15.0. The number of pyridine rings is 3. The molecule has 0 bridgehead atoms. The predicted octanol–water partition coefficient (Wildman–Crippen LogP) is 15.3. The number of rotatable bonds is 7. The smallest absolute Gasteiger partial charge is 0.0702 e. The number of hydrogen-bond donors (Lipinski definition) is 0. The van der Waals surface area contributed by atoms with Crippen molar-refractivity contribution in [3.63, 3.8) is 0 Å². The lowest BCUT2D eigenvalue weighted by atomic mass is 9.82. The Balaban J connectivity index is 1.01. The zero-order valence-corrected chi connectivity index (χ0v) is 35.6. The van der Waals surface area contributed by atoms with Gasteiger partial charge in [0.15, 0.2) is 0 Å². The topological polar surface area (TPSA) is 43.6 Å². The van der Waals surface area contributed by atoms with Gasteiger partial charge in [-0.25, -0.2) is 0 Å². The molecule has 7 aromatic carbocycles. The lowest BCUT2D eigenvalue weighted by Gasteiger charge is -2.21. The lowest BCUT2D eigenvalue weighted by Crippen LogP contribution is -2.15. The van der Waals surface area contributed by atoms with Gasteiger partial charge in [-0.1, -0.05) is 129 Å². The molecule has 0 unspecified atom stereocenters. The van der Waals surface area contributed by atoms with E-state index in [4.69, 9.17) is 15.0 Å². The van der Waals surface area contributed by atoms with E-state index >= 15 is 0 Å². The van der Waals surface area contributed by atoms with Crippen LogP contribution in [0.2, 0.25) is 0 Å². The third-order valence-electron chi connectivity index (χ3n) is 13.1. The molecule has 0 atom stereocenters. The van der Waals surface area contributed by atoms with Gasteiger partial charge in [0, 0.05) is 62.7 Å². The molecule has 4 nitrogen and oxygen atoms in total. The van der Waals surface area contributed by atoms with Gasteiger partial charge in [0.1, 0.15) is 0 Å². The first-order chi connectivity index (χ1) is 31.5. The van der Waals surface area contributed by atoms with E-state index in [0.29, 0.717) is 0 Å². The Bertz CT molecular complexity index is 3490. The molecule has 1 aliphatic carbocycles. The highest BCUT2D eigenvalue weighted by atomic mass is 15.0. The summed E-state index contributed by atoms with van der Waals surface area (Å²) in [5, 5.41) is 2.43. The molecule has 0 radical (unpaired) electrons. The summed E-state index contributed by atoms with van der Waals surface area (Å²) in [6.07, 6.45) is 5.69. The third kappa shape index (κ3) is 6.34. The molecule has 0 saturated heterocycles. The quantitative estimate of drug-likeness (QED) is 0.161. The van der Waals surface area contributed by atoms with Crippen LogP contribution in [-0.4, -0.2) is 19.5 Å². The van der Waals surface area contributed by atoms with Crippen LogP contribution < -0.4 is 0 Å². The summed E-state index contributed by atoms with van der Waals surface area (Å²) in [6.45, 7) is 4.71. The molecule has 1 aliphatic rings. The van der Waals surface area contributed by atoms with E-state index < -0.39 is 0 Å². The highest BCUT2D eigenvalue weighted by Crippen LogP contribution is 2.51. The minimum atomic E-state index is -0.152. The zero-order valence-electron chi connectivity index (χ0n) is 35.6. The molecule has 0 amide bonds. The second-order valence-corrected chi connectivity index (χ2v) is 17.3.